The van der Waals surface area contributed by atoms with E-state index in [1.165, 1.54) is 0 Å². The molecule has 0 fully saturated rings. The van der Waals surface area contributed by atoms with Gasteiger partial charge < -0.3 is 0 Å². The zero-order chi connectivity index (χ0) is 4.50. The fourth-order valence-corrected chi connectivity index (χ4v) is 0. The number of halogens is 4. The quantitative estimate of drug-likeness (QED) is 0.331. The molecule has 0 aromatic rings. The maximum absolute atomic E-state index is 5.70. The van der Waals surface area contributed by atoms with E-state index in [0.29, 0.717) is 0 Å². The summed E-state index contributed by atoms with van der Waals surface area (Å²) in [7, 11) is 5.70. The molecule has 0 aromatic heterocycles. The number of hydrogen-bond acceptors (Lipinski definition) is 0. The van der Waals surface area contributed by atoms with Crippen molar-refractivity contribution in [1.29, 1.82) is 0 Å². The molecule has 0 aliphatic heterocycles. The van der Waals surface area contributed by atoms with Crippen LogP contribution < -0.4 is 0 Å². The molecule has 5 heteroatoms. The molecule has 0 nitrogen and oxygen atoms in total. The van der Waals surface area contributed by atoms with Gasteiger partial charge in [0.05, 0.1) is 0 Å². The molecule has 0 amide bonds. The van der Waals surface area contributed by atoms with E-state index in [0.717, 1.165) is 0 Å². The second-order valence-electron chi connectivity index (χ2n) is 0.429. The molecule has 32 valence electrons. The third-order valence-electron chi connectivity index (χ3n) is 0. The van der Waals surface area contributed by atoms with Gasteiger partial charge in [0.1, 0.15) is 0 Å². The molecule has 0 unspecified atom stereocenters. The van der Waals surface area contributed by atoms with E-state index in [9.17, 15) is 0 Å². The molecule has 0 bridgehead atoms. The Bertz CT molecular complexity index is 22.4. The molecular weight excluding hydrogens is 535 g/mol. The maximum atomic E-state index is 5.70. The molecule has 0 saturated carbocycles. The van der Waals surface area contributed by atoms with Crippen molar-refractivity contribution in [2.75, 3.05) is 0 Å². The van der Waals surface area contributed by atoms with Gasteiger partial charge in [-0.1, -0.05) is 0 Å². The van der Waals surface area contributed by atoms with Crippen molar-refractivity contribution in [3.05, 3.63) is 0 Å². The van der Waals surface area contributed by atoms with Crippen molar-refractivity contribution >= 4 is 70.2 Å². The number of hydrogen-bond donors (Lipinski definition) is 0. The molecule has 0 saturated heterocycles. The molecule has 0 aliphatic carbocycles. The third-order valence-corrected chi connectivity index (χ3v) is 0. The fourth-order valence-electron chi connectivity index (χ4n) is 0. The van der Waals surface area contributed by atoms with E-state index in [1.54, 1.807) is 0 Å². The van der Waals surface area contributed by atoms with Crippen LogP contribution in [0.1, 0.15) is 0 Å². The SMILES string of the molecule is [Cl][Sn]([I])([I])[I]. The van der Waals surface area contributed by atoms with Crippen LogP contribution >= 0.6 is 64.8 Å². The van der Waals surface area contributed by atoms with E-state index in [1.807, 2.05) is 0 Å². The van der Waals surface area contributed by atoms with Gasteiger partial charge in [-0.05, 0) is 0 Å². The molecular formula is ClI3Sn. The zero-order valence-corrected chi connectivity index (χ0v) is 12.1. The first-order chi connectivity index (χ1) is 2.00. The van der Waals surface area contributed by atoms with E-state index < -0.39 is 5.35 Å². The Balaban J connectivity index is 3.02. The van der Waals surface area contributed by atoms with Crippen LogP contribution in [-0.4, -0.2) is 5.35 Å². The molecule has 0 heterocycles. The van der Waals surface area contributed by atoms with Gasteiger partial charge in [-0.2, -0.15) is 0 Å². The van der Waals surface area contributed by atoms with Gasteiger partial charge in [-0.25, -0.2) is 0 Å². The Hall–Kier alpha value is 3.28. The van der Waals surface area contributed by atoms with Gasteiger partial charge in [0.2, 0.25) is 0 Å². The van der Waals surface area contributed by atoms with Crippen LogP contribution in [0.4, 0.5) is 0 Å². The average Bonchev–Trinajstić information content (AvgIpc) is 0.722. The van der Waals surface area contributed by atoms with Gasteiger partial charge in [0, 0.05) is 0 Å². The molecule has 0 atom stereocenters. The Morgan fingerprint density at radius 2 is 1.20 bits per heavy atom. The van der Waals surface area contributed by atoms with Gasteiger partial charge in [-0.15, -0.1) is 0 Å². The Labute approximate surface area is 68.0 Å². The van der Waals surface area contributed by atoms with Crippen molar-refractivity contribution in [3.8, 4) is 0 Å². The summed E-state index contributed by atoms with van der Waals surface area (Å²) in [4.78, 5) is 0. The van der Waals surface area contributed by atoms with E-state index in [2.05, 4.69) is 55.9 Å². The van der Waals surface area contributed by atoms with Crippen LogP contribution in [0, 0.1) is 0 Å². The summed E-state index contributed by atoms with van der Waals surface area (Å²) in [5.41, 5.74) is 0. The molecule has 0 spiro atoms. The van der Waals surface area contributed by atoms with Crippen LogP contribution in [0.2, 0.25) is 0 Å². The van der Waals surface area contributed by atoms with Crippen LogP contribution in [0.3, 0.4) is 0 Å². The first-order valence-corrected chi connectivity index (χ1v) is 29.3. The summed E-state index contributed by atoms with van der Waals surface area (Å²) in [5.74, 6) is 0. The molecule has 0 N–H and O–H groups in total. The molecule has 0 aliphatic rings. The topological polar surface area (TPSA) is 0 Å². The van der Waals surface area contributed by atoms with Crippen molar-refractivity contribution < 1.29 is 0 Å². The van der Waals surface area contributed by atoms with Gasteiger partial charge >= 0.3 is 70.2 Å². The Morgan fingerprint density at radius 1 is 1.20 bits per heavy atom. The second kappa shape index (κ2) is 3.33. The van der Waals surface area contributed by atoms with E-state index in [-0.39, 0.29) is 0 Å². The molecule has 5 heavy (non-hydrogen) atoms. The second-order valence-corrected chi connectivity index (χ2v) is 93.6. The standard InChI is InChI=1S/ClH.3HI.Sn/h4*1H;/q;;;;+4/p-4. The van der Waals surface area contributed by atoms with E-state index >= 15 is 0 Å². The summed E-state index contributed by atoms with van der Waals surface area (Å²) in [6.07, 6.45) is 0. The van der Waals surface area contributed by atoms with Crippen molar-refractivity contribution in [2.45, 2.75) is 0 Å². The van der Waals surface area contributed by atoms with Crippen molar-refractivity contribution in [1.82, 2.24) is 0 Å². The minimum absolute atomic E-state index is 1.80. The minimum atomic E-state index is -1.80. The number of rotatable bonds is 0. The third kappa shape index (κ3) is 18.9. The van der Waals surface area contributed by atoms with E-state index in [4.69, 9.17) is 8.92 Å². The van der Waals surface area contributed by atoms with Crippen molar-refractivity contribution in [2.24, 2.45) is 0 Å². The summed E-state index contributed by atoms with van der Waals surface area (Å²) in [6.45, 7) is 0. The first-order valence-electron chi connectivity index (χ1n) is 0.756. The van der Waals surface area contributed by atoms with Crippen molar-refractivity contribution in [3.63, 3.8) is 0 Å². The Morgan fingerprint density at radius 3 is 1.20 bits per heavy atom. The summed E-state index contributed by atoms with van der Waals surface area (Å²) < 4.78 is 0. The monoisotopic (exact) mass is 536 g/mol. The van der Waals surface area contributed by atoms with Crippen LogP contribution in [0.5, 0.6) is 0 Å². The van der Waals surface area contributed by atoms with Crippen LogP contribution in [-0.2, 0) is 0 Å². The Kier molecular flexibility index (Phi) is 5.52. The predicted molar refractivity (Wildman–Crippen MR) is 53.7 cm³/mol. The van der Waals surface area contributed by atoms with Crippen LogP contribution in [0.15, 0.2) is 0 Å². The van der Waals surface area contributed by atoms with Crippen LogP contribution in [0.25, 0.3) is 0 Å². The fraction of sp³-hybridized carbons (Fsp3) is 0. The molecule has 0 radical (unpaired) electrons. The molecule has 0 rings (SSSR count). The molecule has 0 aromatic carbocycles. The van der Waals surface area contributed by atoms with Gasteiger partial charge in [0.25, 0.3) is 0 Å². The van der Waals surface area contributed by atoms with Gasteiger partial charge in [-0.3, -0.25) is 0 Å². The van der Waals surface area contributed by atoms with Gasteiger partial charge in [0.15, 0.2) is 0 Å². The summed E-state index contributed by atoms with van der Waals surface area (Å²) in [6, 6.07) is 0. The first kappa shape index (κ1) is 8.28. The normalized spacial score (nSPS) is 12.0. The zero-order valence-electron chi connectivity index (χ0n) is 2.01. The summed E-state index contributed by atoms with van der Waals surface area (Å²) >= 11 is 6.98. The summed E-state index contributed by atoms with van der Waals surface area (Å²) in [5, 5.41) is -1.80. The average molecular weight is 535 g/mol. The predicted octanol–water partition coefficient (Wildman–Crippen LogP) is 2.97.